The van der Waals surface area contributed by atoms with Gasteiger partial charge in [0.15, 0.2) is 11.6 Å². The Morgan fingerprint density at radius 1 is 0.528 bits per heavy atom. The number of ether oxygens (including phenoxy) is 4. The van der Waals surface area contributed by atoms with Crippen LogP contribution in [-0.2, 0) is 9.47 Å². The van der Waals surface area contributed by atoms with Crippen molar-refractivity contribution in [2.24, 2.45) is 0 Å². The number of benzene rings is 4. The molecule has 53 heavy (non-hydrogen) atoms. The van der Waals surface area contributed by atoms with Gasteiger partial charge in [-0.1, -0.05) is 46.4 Å². The lowest BCUT2D eigenvalue weighted by atomic mass is 10.0. The van der Waals surface area contributed by atoms with Crippen molar-refractivity contribution in [1.82, 2.24) is 0 Å². The number of hydrogen-bond donors (Lipinski definition) is 6. The van der Waals surface area contributed by atoms with Crippen LogP contribution in [0.3, 0.4) is 0 Å². The van der Waals surface area contributed by atoms with Crippen molar-refractivity contribution in [3.63, 3.8) is 0 Å². The van der Waals surface area contributed by atoms with Crippen molar-refractivity contribution in [2.45, 2.75) is 49.2 Å². The van der Waals surface area contributed by atoms with E-state index < -0.39 is 49.2 Å². The highest BCUT2D eigenvalue weighted by atomic mass is 35.5. The highest BCUT2D eigenvalue weighted by Crippen LogP contribution is 2.27. The molecule has 0 bridgehead atoms. The van der Waals surface area contributed by atoms with Crippen molar-refractivity contribution < 1.29 is 64.7 Å². The minimum Gasteiger partial charge on any atom is -0.462 e. The van der Waals surface area contributed by atoms with Gasteiger partial charge in [0, 0.05) is 32.3 Å². The van der Waals surface area contributed by atoms with Gasteiger partial charge in [0.1, 0.15) is 48.1 Å². The summed E-state index contributed by atoms with van der Waals surface area (Å²) in [6.07, 6.45) is -10.1. The SMILES string of the molecule is O.O=C(c1ccc(O[C@@H]2OC[C@@H](O)[C@H](O)[C@H]2O)cc1)c1ccc(Cl)cc1Cl.O=C(c1ccc(O[C@@H]2OC[C@@H](O)[C@H](O)[C@H]2O)cc1)c1ccc(Cl)cc1Cl. The summed E-state index contributed by atoms with van der Waals surface area (Å²) in [7, 11) is 0. The molecule has 2 saturated heterocycles. The molecular formula is C36H34Cl4O13. The van der Waals surface area contributed by atoms with E-state index in [0.29, 0.717) is 43.8 Å². The lowest BCUT2D eigenvalue weighted by Gasteiger charge is -2.34. The van der Waals surface area contributed by atoms with E-state index in [1.807, 2.05) is 0 Å². The van der Waals surface area contributed by atoms with Gasteiger partial charge in [-0.3, -0.25) is 9.59 Å². The van der Waals surface area contributed by atoms with E-state index in [-0.39, 0.29) is 40.3 Å². The van der Waals surface area contributed by atoms with Crippen molar-refractivity contribution >= 4 is 58.0 Å². The summed E-state index contributed by atoms with van der Waals surface area (Å²) in [6, 6.07) is 21.6. The summed E-state index contributed by atoms with van der Waals surface area (Å²) in [5, 5.41) is 59.3. The fourth-order valence-electron chi connectivity index (χ4n) is 5.06. The van der Waals surface area contributed by atoms with Crippen LogP contribution >= 0.6 is 46.4 Å². The number of hydrogen-bond acceptors (Lipinski definition) is 12. The first-order valence-corrected chi connectivity index (χ1v) is 17.1. The van der Waals surface area contributed by atoms with Crippen LogP contribution < -0.4 is 9.47 Å². The zero-order valence-electron chi connectivity index (χ0n) is 27.3. The Balaban J connectivity index is 0.000000232. The second-order valence-electron chi connectivity index (χ2n) is 11.7. The molecule has 13 nitrogen and oxygen atoms in total. The second-order valence-corrected chi connectivity index (χ2v) is 13.4. The molecule has 2 fully saturated rings. The fraction of sp³-hybridized carbons (Fsp3) is 0.278. The van der Waals surface area contributed by atoms with Gasteiger partial charge in [0.05, 0.1) is 23.3 Å². The molecular weight excluding hydrogens is 782 g/mol. The number of halogens is 4. The molecule has 0 aromatic heterocycles. The lowest BCUT2D eigenvalue weighted by molar-refractivity contribution is -0.242. The molecule has 0 aliphatic carbocycles. The average Bonchev–Trinajstić information content (AvgIpc) is 3.12. The first-order chi connectivity index (χ1) is 24.7. The lowest BCUT2D eigenvalue weighted by Crippen LogP contribution is -2.54. The van der Waals surface area contributed by atoms with Gasteiger partial charge in [-0.2, -0.15) is 0 Å². The Morgan fingerprint density at radius 2 is 0.868 bits per heavy atom. The number of aliphatic hydroxyl groups is 6. The maximum Gasteiger partial charge on any atom is 0.228 e. The predicted molar refractivity (Wildman–Crippen MR) is 193 cm³/mol. The normalized spacial score (nSPS) is 25.2. The molecule has 8 atom stereocenters. The third-order valence-corrected chi connectivity index (χ3v) is 9.09. The maximum absolute atomic E-state index is 12.5. The molecule has 2 aliphatic rings. The van der Waals surface area contributed by atoms with Crippen LogP contribution in [0.15, 0.2) is 84.9 Å². The molecule has 0 spiro atoms. The maximum atomic E-state index is 12.5. The molecule has 17 heteroatoms. The van der Waals surface area contributed by atoms with E-state index in [4.69, 9.17) is 65.4 Å². The summed E-state index contributed by atoms with van der Waals surface area (Å²) in [5.41, 5.74) is 1.44. The minimum atomic E-state index is -1.40. The van der Waals surface area contributed by atoms with Crippen LogP contribution in [0, 0.1) is 0 Å². The Bertz CT molecular complexity index is 1730. The molecule has 0 amide bonds. The van der Waals surface area contributed by atoms with Crippen LogP contribution in [0.5, 0.6) is 11.5 Å². The summed E-state index contributed by atoms with van der Waals surface area (Å²) in [6.45, 7) is -0.316. The molecule has 4 aromatic carbocycles. The van der Waals surface area contributed by atoms with Crippen LogP contribution in [0.2, 0.25) is 20.1 Å². The molecule has 284 valence electrons. The summed E-state index contributed by atoms with van der Waals surface area (Å²) < 4.78 is 21.3. The van der Waals surface area contributed by atoms with E-state index in [0.717, 1.165) is 0 Å². The van der Waals surface area contributed by atoms with Crippen molar-refractivity contribution in [3.8, 4) is 11.5 Å². The quantitative estimate of drug-likeness (QED) is 0.141. The number of ketones is 2. The third kappa shape index (κ3) is 10.4. The standard InChI is InChI=1S/2C18H16Cl2O6.H2O/c2*19-10-3-6-12(13(20)7-10)15(22)9-1-4-11(5-2-9)26-18-17(24)16(23)14(21)8-25-18;/h2*1-7,14,16-18,21,23-24H,8H2;1H2/t2*14-,16+,17-,18+;/m11./s1. The number of carbonyl (C=O) groups excluding carboxylic acids is 2. The van der Waals surface area contributed by atoms with E-state index >= 15 is 0 Å². The monoisotopic (exact) mass is 814 g/mol. The zero-order chi connectivity index (χ0) is 37.7. The van der Waals surface area contributed by atoms with Gasteiger partial charge in [0.25, 0.3) is 0 Å². The molecule has 6 rings (SSSR count). The zero-order valence-corrected chi connectivity index (χ0v) is 30.3. The van der Waals surface area contributed by atoms with Crippen LogP contribution in [0.4, 0.5) is 0 Å². The van der Waals surface area contributed by atoms with Gasteiger partial charge in [0.2, 0.25) is 12.6 Å². The largest absolute Gasteiger partial charge is 0.462 e. The first kappa shape index (κ1) is 42.4. The Morgan fingerprint density at radius 3 is 1.19 bits per heavy atom. The average molecular weight is 816 g/mol. The van der Waals surface area contributed by atoms with E-state index in [9.17, 15) is 40.2 Å². The van der Waals surface area contributed by atoms with E-state index in [1.165, 1.54) is 36.4 Å². The molecule has 0 radical (unpaired) electrons. The summed E-state index contributed by atoms with van der Waals surface area (Å²) in [4.78, 5) is 25.0. The molecule has 2 aliphatic heterocycles. The van der Waals surface area contributed by atoms with Gasteiger partial charge >= 0.3 is 0 Å². The van der Waals surface area contributed by atoms with Gasteiger partial charge in [-0.25, -0.2) is 0 Å². The van der Waals surface area contributed by atoms with Crippen LogP contribution in [0.1, 0.15) is 31.8 Å². The number of rotatable bonds is 8. The van der Waals surface area contributed by atoms with Crippen LogP contribution in [0.25, 0.3) is 0 Å². The Labute approximate surface area is 322 Å². The van der Waals surface area contributed by atoms with Gasteiger partial charge in [-0.15, -0.1) is 0 Å². The molecule has 4 aromatic rings. The Hall–Kier alpha value is -3.38. The smallest absolute Gasteiger partial charge is 0.228 e. The molecule has 0 saturated carbocycles. The van der Waals surface area contributed by atoms with Crippen LogP contribution in [-0.4, -0.2) is 110 Å². The van der Waals surface area contributed by atoms with Crippen molar-refractivity contribution in [1.29, 1.82) is 0 Å². The van der Waals surface area contributed by atoms with Crippen molar-refractivity contribution in [3.05, 3.63) is 127 Å². The highest BCUT2D eigenvalue weighted by Gasteiger charge is 2.40. The van der Waals surface area contributed by atoms with Gasteiger partial charge in [-0.05, 0) is 84.9 Å². The second kappa shape index (κ2) is 18.8. The fourth-order valence-corrected chi connectivity index (χ4v) is 6.05. The number of aliphatic hydroxyl groups excluding tert-OH is 6. The van der Waals surface area contributed by atoms with Gasteiger partial charge < -0.3 is 55.1 Å². The summed E-state index contributed by atoms with van der Waals surface area (Å²) in [5.74, 6) is 0.115. The first-order valence-electron chi connectivity index (χ1n) is 15.6. The molecule has 2 heterocycles. The number of carbonyl (C=O) groups is 2. The highest BCUT2D eigenvalue weighted by molar-refractivity contribution is 6.38. The van der Waals surface area contributed by atoms with Crippen molar-refractivity contribution in [2.75, 3.05) is 13.2 Å². The van der Waals surface area contributed by atoms with E-state index in [2.05, 4.69) is 0 Å². The predicted octanol–water partition coefficient (Wildman–Crippen LogP) is 3.26. The minimum absolute atomic E-state index is 0. The molecule has 0 unspecified atom stereocenters. The Kier molecular flexibility index (Phi) is 15.0. The third-order valence-electron chi connectivity index (χ3n) is 8.00. The summed E-state index contributed by atoms with van der Waals surface area (Å²) >= 11 is 23.8. The van der Waals surface area contributed by atoms with E-state index in [1.54, 1.807) is 48.5 Å². The topological polar surface area (TPSA) is 224 Å². The molecule has 8 N–H and O–H groups in total.